The van der Waals surface area contributed by atoms with E-state index < -0.39 is 58.6 Å². The van der Waals surface area contributed by atoms with Gasteiger partial charge in [0.05, 0.1) is 24.9 Å². The van der Waals surface area contributed by atoms with Crippen LogP contribution in [-0.2, 0) is 38.2 Å². The highest BCUT2D eigenvalue weighted by atomic mass is 16.6. The number of unbranched alkanes of at least 4 members (excludes halogenated alkanes) is 2. The van der Waals surface area contributed by atoms with Crippen LogP contribution in [0.2, 0.25) is 0 Å². The number of ketones is 1. The van der Waals surface area contributed by atoms with Gasteiger partial charge in [-0.1, -0.05) is 40.5 Å². The summed E-state index contributed by atoms with van der Waals surface area (Å²) in [6.45, 7) is 7.72. The van der Waals surface area contributed by atoms with Crippen LogP contribution < -0.4 is 0 Å². The van der Waals surface area contributed by atoms with Crippen molar-refractivity contribution in [2.24, 2.45) is 10.8 Å². The summed E-state index contributed by atoms with van der Waals surface area (Å²) in [7, 11) is 0. The standard InChI is InChI=1S/C29H46O11/c1-26(2,21-13-28(36,15-23(32)33)16-24(34)39-21)11-7-5-9-20(31)10-6-8-12-27(3,4)22-14-29(37,18-38-19-30)17-25(35)40-22/h19,21-22,36-37H,5-18H2,1-4H3,(H,32,33). The zero-order chi connectivity index (χ0) is 30.2. The van der Waals surface area contributed by atoms with E-state index in [9.17, 15) is 34.2 Å². The Labute approximate surface area is 235 Å². The third kappa shape index (κ3) is 10.5. The van der Waals surface area contributed by atoms with E-state index in [1.165, 1.54) is 0 Å². The average molecular weight is 571 g/mol. The zero-order valence-electron chi connectivity index (χ0n) is 24.2. The molecule has 2 aliphatic rings. The van der Waals surface area contributed by atoms with Crippen molar-refractivity contribution in [2.45, 2.75) is 135 Å². The summed E-state index contributed by atoms with van der Waals surface area (Å²) in [5.41, 5.74) is -3.97. The molecule has 0 spiro atoms. The topological polar surface area (TPSA) is 174 Å². The van der Waals surface area contributed by atoms with Crippen LogP contribution >= 0.6 is 0 Å². The predicted molar refractivity (Wildman–Crippen MR) is 142 cm³/mol. The molecule has 11 nitrogen and oxygen atoms in total. The van der Waals surface area contributed by atoms with Crippen LogP contribution in [0, 0.1) is 10.8 Å². The van der Waals surface area contributed by atoms with Gasteiger partial charge in [0.15, 0.2) is 0 Å². The number of cyclic esters (lactones) is 2. The average Bonchev–Trinajstić information content (AvgIpc) is 2.81. The Morgan fingerprint density at radius 3 is 1.77 bits per heavy atom. The fourth-order valence-corrected chi connectivity index (χ4v) is 5.70. The number of rotatable bonds is 17. The van der Waals surface area contributed by atoms with Gasteiger partial charge in [-0.15, -0.1) is 0 Å². The van der Waals surface area contributed by atoms with Crippen LogP contribution in [-0.4, -0.2) is 75.5 Å². The monoisotopic (exact) mass is 570 g/mol. The minimum Gasteiger partial charge on any atom is -0.481 e. The van der Waals surface area contributed by atoms with E-state index in [1.807, 2.05) is 27.7 Å². The lowest BCUT2D eigenvalue weighted by molar-refractivity contribution is -0.189. The third-order valence-electron chi connectivity index (χ3n) is 8.32. The van der Waals surface area contributed by atoms with Crippen molar-refractivity contribution >= 4 is 30.2 Å². The molecule has 2 saturated heterocycles. The molecule has 0 aliphatic carbocycles. The normalized spacial score (nSPS) is 27.4. The van der Waals surface area contributed by atoms with E-state index in [1.54, 1.807) is 0 Å². The molecule has 0 bridgehead atoms. The molecule has 40 heavy (non-hydrogen) atoms. The maximum atomic E-state index is 12.5. The Balaban J connectivity index is 1.71. The van der Waals surface area contributed by atoms with Crippen LogP contribution in [0.4, 0.5) is 0 Å². The van der Waals surface area contributed by atoms with Crippen LogP contribution in [0.1, 0.15) is 111 Å². The van der Waals surface area contributed by atoms with Gasteiger partial charge in [-0.3, -0.25) is 24.0 Å². The number of hydrogen-bond acceptors (Lipinski definition) is 10. The summed E-state index contributed by atoms with van der Waals surface area (Å²) in [6, 6.07) is 0. The van der Waals surface area contributed by atoms with E-state index in [2.05, 4.69) is 0 Å². The summed E-state index contributed by atoms with van der Waals surface area (Å²) in [5, 5.41) is 30.3. The molecule has 4 unspecified atom stereocenters. The highest BCUT2D eigenvalue weighted by molar-refractivity contribution is 5.78. The number of carboxylic acid groups (broad SMARTS) is 1. The van der Waals surface area contributed by atoms with Crippen LogP contribution in [0.3, 0.4) is 0 Å². The van der Waals surface area contributed by atoms with Gasteiger partial charge in [-0.05, 0) is 25.7 Å². The molecule has 2 aliphatic heterocycles. The second-order valence-electron chi connectivity index (χ2n) is 13.1. The number of aliphatic hydroxyl groups is 2. The smallest absolute Gasteiger partial charge is 0.309 e. The van der Waals surface area contributed by atoms with Gasteiger partial charge < -0.3 is 29.5 Å². The number of carbonyl (C=O) groups excluding carboxylic acids is 4. The summed E-state index contributed by atoms with van der Waals surface area (Å²) in [5.74, 6) is -2.14. The van der Waals surface area contributed by atoms with Crippen LogP contribution in [0.15, 0.2) is 0 Å². The summed E-state index contributed by atoms with van der Waals surface area (Å²) in [4.78, 5) is 58.2. The van der Waals surface area contributed by atoms with Gasteiger partial charge >= 0.3 is 17.9 Å². The summed E-state index contributed by atoms with van der Waals surface area (Å²) in [6.07, 6.45) is 3.07. The molecule has 0 aromatic carbocycles. The van der Waals surface area contributed by atoms with E-state index in [0.29, 0.717) is 38.5 Å². The lowest BCUT2D eigenvalue weighted by Crippen LogP contribution is -2.50. The Morgan fingerprint density at radius 1 is 0.875 bits per heavy atom. The van der Waals surface area contributed by atoms with Gasteiger partial charge in [0, 0.05) is 36.5 Å². The Bertz CT molecular complexity index is 923. The zero-order valence-corrected chi connectivity index (χ0v) is 24.2. The van der Waals surface area contributed by atoms with Crippen molar-refractivity contribution in [1.82, 2.24) is 0 Å². The summed E-state index contributed by atoms with van der Waals surface area (Å²) >= 11 is 0. The highest BCUT2D eigenvalue weighted by Gasteiger charge is 2.47. The molecule has 2 fully saturated rings. The first-order valence-electron chi connectivity index (χ1n) is 14.1. The molecule has 0 amide bonds. The lowest BCUT2D eigenvalue weighted by atomic mass is 9.74. The SMILES string of the molecule is CC(C)(CCCCC(=O)CCCCC(C)(C)C1CC(O)(CC(=O)O)CC(=O)O1)C1CC(O)(COC=O)CC(=O)O1. The minimum absolute atomic E-state index is 0.0686. The second kappa shape index (κ2) is 13.9. The molecule has 0 saturated carbocycles. The number of carboxylic acids is 1. The number of aliphatic carboxylic acids is 1. The molecule has 11 heteroatoms. The number of ether oxygens (including phenoxy) is 3. The number of Topliss-reactive ketones (excluding diaryl/α,β-unsaturated/α-hetero) is 1. The number of carbonyl (C=O) groups is 5. The maximum Gasteiger partial charge on any atom is 0.309 e. The van der Waals surface area contributed by atoms with Crippen molar-refractivity contribution in [3.05, 3.63) is 0 Å². The lowest BCUT2D eigenvalue weighted by Gasteiger charge is -2.42. The minimum atomic E-state index is -1.61. The summed E-state index contributed by atoms with van der Waals surface area (Å²) < 4.78 is 15.7. The second-order valence-corrected chi connectivity index (χ2v) is 13.1. The Hall–Kier alpha value is -2.53. The first-order valence-corrected chi connectivity index (χ1v) is 14.1. The van der Waals surface area contributed by atoms with E-state index in [-0.39, 0.29) is 44.5 Å². The molecular weight excluding hydrogens is 524 g/mol. The first-order chi connectivity index (χ1) is 18.5. The van der Waals surface area contributed by atoms with Crippen LogP contribution in [0.25, 0.3) is 0 Å². The van der Waals surface area contributed by atoms with Crippen molar-refractivity contribution < 1.29 is 53.5 Å². The van der Waals surface area contributed by atoms with Crippen molar-refractivity contribution in [3.63, 3.8) is 0 Å². The van der Waals surface area contributed by atoms with Gasteiger partial charge in [-0.2, -0.15) is 0 Å². The largest absolute Gasteiger partial charge is 0.481 e. The molecule has 4 atom stereocenters. The van der Waals surface area contributed by atoms with Crippen molar-refractivity contribution in [1.29, 1.82) is 0 Å². The fourth-order valence-electron chi connectivity index (χ4n) is 5.70. The Morgan fingerprint density at radius 2 is 1.32 bits per heavy atom. The molecule has 3 N–H and O–H groups in total. The first kappa shape index (κ1) is 33.7. The van der Waals surface area contributed by atoms with Crippen molar-refractivity contribution in [3.8, 4) is 0 Å². The Kier molecular flexibility index (Phi) is 11.7. The maximum absolute atomic E-state index is 12.5. The predicted octanol–water partition coefficient (Wildman–Crippen LogP) is 3.25. The van der Waals surface area contributed by atoms with Gasteiger partial charge in [-0.25, -0.2) is 0 Å². The van der Waals surface area contributed by atoms with Crippen molar-refractivity contribution in [2.75, 3.05) is 6.61 Å². The molecule has 0 radical (unpaired) electrons. The molecule has 2 heterocycles. The van der Waals surface area contributed by atoms with E-state index in [4.69, 9.17) is 19.3 Å². The molecule has 0 aromatic rings. The van der Waals surface area contributed by atoms with E-state index >= 15 is 0 Å². The van der Waals surface area contributed by atoms with Gasteiger partial charge in [0.25, 0.3) is 6.47 Å². The van der Waals surface area contributed by atoms with E-state index in [0.717, 1.165) is 12.8 Å². The highest BCUT2D eigenvalue weighted by Crippen LogP contribution is 2.41. The molecular formula is C29H46O11. The fraction of sp³-hybridized carbons (Fsp3) is 0.828. The molecule has 0 aromatic heterocycles. The quantitative estimate of drug-likeness (QED) is 0.101. The van der Waals surface area contributed by atoms with Gasteiger partial charge in [0.2, 0.25) is 0 Å². The van der Waals surface area contributed by atoms with Gasteiger partial charge in [0.1, 0.15) is 30.2 Å². The molecule has 2 rings (SSSR count). The number of esters is 2. The number of hydrogen-bond donors (Lipinski definition) is 3. The third-order valence-corrected chi connectivity index (χ3v) is 8.32. The van der Waals surface area contributed by atoms with Crippen LogP contribution in [0.5, 0.6) is 0 Å². The molecule has 228 valence electrons.